The van der Waals surface area contributed by atoms with Gasteiger partial charge in [-0.15, -0.1) is 0 Å². The molecule has 0 saturated heterocycles. The van der Waals surface area contributed by atoms with Gasteiger partial charge in [0.2, 0.25) is 0 Å². The van der Waals surface area contributed by atoms with Gasteiger partial charge in [0.15, 0.2) is 6.10 Å². The van der Waals surface area contributed by atoms with Gasteiger partial charge in [0.1, 0.15) is 13.2 Å². The average Bonchev–Trinajstić information content (AvgIpc) is 3.46. The molecule has 0 amide bonds. The highest BCUT2D eigenvalue weighted by Gasteiger charge is 2.19. The Morgan fingerprint density at radius 2 is 0.444 bits per heavy atom. The molecule has 0 aromatic carbocycles. The first kappa shape index (κ1) is 78.1. The van der Waals surface area contributed by atoms with Crippen LogP contribution in [0.5, 0.6) is 0 Å². The van der Waals surface area contributed by atoms with E-state index in [1.165, 1.54) is 263 Å². The largest absolute Gasteiger partial charge is 0.462 e. The Bertz CT molecular complexity index is 1440. The van der Waals surface area contributed by atoms with Crippen molar-refractivity contribution in [1.82, 2.24) is 0 Å². The van der Waals surface area contributed by atoms with Crippen molar-refractivity contribution in [3.63, 3.8) is 0 Å². The summed E-state index contributed by atoms with van der Waals surface area (Å²) in [4.78, 5) is 38.2. The van der Waals surface area contributed by atoms with Crippen LogP contribution >= 0.6 is 0 Å². The molecule has 0 bridgehead atoms. The van der Waals surface area contributed by atoms with Gasteiger partial charge in [-0.3, -0.25) is 14.4 Å². The number of ether oxygens (including phenoxy) is 3. The van der Waals surface area contributed by atoms with Gasteiger partial charge >= 0.3 is 17.9 Å². The summed E-state index contributed by atoms with van der Waals surface area (Å²) in [5, 5.41) is 0. The van der Waals surface area contributed by atoms with E-state index in [2.05, 4.69) is 81.5 Å². The lowest BCUT2D eigenvalue weighted by Gasteiger charge is -2.18. The molecule has 1 unspecified atom stereocenters. The smallest absolute Gasteiger partial charge is 0.306 e. The number of allylic oxidation sites excluding steroid dienone is 10. The van der Waals surface area contributed by atoms with Crippen LogP contribution in [0.4, 0.5) is 0 Å². The van der Waals surface area contributed by atoms with Crippen molar-refractivity contribution in [3.8, 4) is 0 Å². The summed E-state index contributed by atoms with van der Waals surface area (Å²) in [5.74, 6) is -0.858. The first-order chi connectivity index (χ1) is 40.0. The zero-order chi connectivity index (χ0) is 58.5. The van der Waals surface area contributed by atoms with Gasteiger partial charge < -0.3 is 14.2 Å². The number of rotatable bonds is 66. The van der Waals surface area contributed by atoms with Crippen LogP contribution in [0.3, 0.4) is 0 Å². The minimum atomic E-state index is -0.772. The Morgan fingerprint density at radius 1 is 0.247 bits per heavy atom. The molecule has 1 atom stereocenters. The number of hydrogen-bond donors (Lipinski definition) is 0. The van der Waals surface area contributed by atoms with Crippen molar-refractivity contribution in [2.75, 3.05) is 13.2 Å². The Hall–Kier alpha value is -2.89. The number of unbranched alkanes of at least 4 members (excludes halogenated alkanes) is 45. The highest BCUT2D eigenvalue weighted by atomic mass is 16.6. The lowest BCUT2D eigenvalue weighted by Crippen LogP contribution is -2.30. The number of hydrogen-bond acceptors (Lipinski definition) is 6. The second kappa shape index (κ2) is 69.6. The fraction of sp³-hybridized carbons (Fsp3) is 0.827. The third kappa shape index (κ3) is 67.8. The maximum atomic E-state index is 12.9. The first-order valence-electron chi connectivity index (χ1n) is 35.8. The molecule has 6 heteroatoms. The number of carbonyl (C=O) groups excluding carboxylic acids is 3. The first-order valence-corrected chi connectivity index (χ1v) is 35.8. The molecule has 0 aromatic heterocycles. The minimum Gasteiger partial charge on any atom is -0.462 e. The highest BCUT2D eigenvalue weighted by Crippen LogP contribution is 2.18. The van der Waals surface area contributed by atoms with Gasteiger partial charge in [-0.2, -0.15) is 0 Å². The van der Waals surface area contributed by atoms with Crippen LogP contribution in [0.25, 0.3) is 0 Å². The van der Waals surface area contributed by atoms with Crippen LogP contribution in [0, 0.1) is 0 Å². The van der Waals surface area contributed by atoms with Crippen LogP contribution < -0.4 is 0 Å². The average molecular weight is 1130 g/mol. The molecule has 0 fully saturated rings. The highest BCUT2D eigenvalue weighted by molar-refractivity contribution is 5.71. The Kier molecular flexibility index (Phi) is 67.1. The third-order valence-corrected chi connectivity index (χ3v) is 16.0. The summed E-state index contributed by atoms with van der Waals surface area (Å²) >= 11 is 0. The molecule has 0 N–H and O–H groups in total. The Morgan fingerprint density at radius 3 is 0.691 bits per heavy atom. The van der Waals surface area contributed by atoms with Crippen molar-refractivity contribution in [2.24, 2.45) is 0 Å². The summed E-state index contributed by atoms with van der Waals surface area (Å²) in [6.45, 7) is 6.63. The SMILES string of the molecule is CCCCCCC/C=C\C/C=C\C/C=C\CCCCCCCCCCCCCCC(=O)OC(COC(=O)CCCCCCCCC)COC(=O)CCCCCCCCCCCCCCCCCCC/C=C\C/C=C\CCCCCCC. The van der Waals surface area contributed by atoms with Crippen molar-refractivity contribution in [2.45, 2.75) is 386 Å². The topological polar surface area (TPSA) is 78.9 Å². The maximum absolute atomic E-state index is 12.9. The lowest BCUT2D eigenvalue weighted by molar-refractivity contribution is -0.167. The predicted octanol–water partition coefficient (Wildman–Crippen LogP) is 24.7. The van der Waals surface area contributed by atoms with E-state index in [0.717, 1.165) is 77.0 Å². The van der Waals surface area contributed by atoms with E-state index >= 15 is 0 Å². The standard InChI is InChI=1S/C75H136O6/c1-4-7-10-13-16-18-20-22-24-26-28-30-32-34-36-37-39-40-42-44-46-48-50-52-54-56-59-62-65-68-74(77)80-71-72(70-79-73(76)67-64-61-58-15-12-9-6-3)81-75(78)69-66-63-60-57-55-53-51-49-47-45-43-41-38-35-33-31-29-27-25-23-21-19-17-14-11-8-5-2/h20-23,26-29,33,35,72H,4-19,24-25,30-32,34,36-71H2,1-3H3/b22-20-,23-21-,28-26-,29-27-,35-33-. The third-order valence-electron chi connectivity index (χ3n) is 16.0. The van der Waals surface area contributed by atoms with Gasteiger partial charge in [0.05, 0.1) is 0 Å². The molecule has 0 rings (SSSR count). The molecule has 0 radical (unpaired) electrons. The van der Waals surface area contributed by atoms with Crippen molar-refractivity contribution in [1.29, 1.82) is 0 Å². The second-order valence-electron chi connectivity index (χ2n) is 24.1. The fourth-order valence-corrected chi connectivity index (χ4v) is 10.6. The molecule has 81 heavy (non-hydrogen) atoms. The minimum absolute atomic E-state index is 0.0705. The van der Waals surface area contributed by atoms with E-state index in [9.17, 15) is 14.4 Å². The van der Waals surface area contributed by atoms with Crippen LogP contribution in [0.2, 0.25) is 0 Å². The van der Waals surface area contributed by atoms with Gasteiger partial charge in [-0.25, -0.2) is 0 Å². The van der Waals surface area contributed by atoms with Gasteiger partial charge in [0, 0.05) is 19.3 Å². The lowest BCUT2D eigenvalue weighted by atomic mass is 10.0. The van der Waals surface area contributed by atoms with Crippen LogP contribution in [0.1, 0.15) is 380 Å². The van der Waals surface area contributed by atoms with Crippen molar-refractivity contribution in [3.05, 3.63) is 60.8 Å². The molecular formula is C75H136O6. The van der Waals surface area contributed by atoms with E-state index in [1.54, 1.807) is 0 Å². The zero-order valence-electron chi connectivity index (χ0n) is 54.3. The van der Waals surface area contributed by atoms with Crippen LogP contribution in [0.15, 0.2) is 60.8 Å². The molecule has 0 heterocycles. The zero-order valence-corrected chi connectivity index (χ0v) is 54.3. The quantitative estimate of drug-likeness (QED) is 0.0261. The monoisotopic (exact) mass is 1130 g/mol. The fourth-order valence-electron chi connectivity index (χ4n) is 10.6. The predicted molar refractivity (Wildman–Crippen MR) is 353 cm³/mol. The van der Waals surface area contributed by atoms with Crippen molar-refractivity contribution >= 4 is 17.9 Å². The van der Waals surface area contributed by atoms with Gasteiger partial charge in [-0.05, 0) is 89.9 Å². The summed E-state index contributed by atoms with van der Waals surface area (Å²) < 4.78 is 16.9. The van der Waals surface area contributed by atoms with E-state index in [0.29, 0.717) is 19.3 Å². The molecule has 0 spiro atoms. The van der Waals surface area contributed by atoms with E-state index in [-0.39, 0.29) is 31.1 Å². The normalized spacial score (nSPS) is 12.4. The van der Waals surface area contributed by atoms with E-state index < -0.39 is 6.10 Å². The molecule has 0 saturated carbocycles. The Labute approximate surface area is 504 Å². The molecule has 0 aliphatic heterocycles. The van der Waals surface area contributed by atoms with Crippen molar-refractivity contribution < 1.29 is 28.6 Å². The molecule has 6 nitrogen and oxygen atoms in total. The van der Waals surface area contributed by atoms with Gasteiger partial charge in [-0.1, -0.05) is 332 Å². The summed E-state index contributed by atoms with van der Waals surface area (Å²) in [6.07, 6.45) is 90.0. The molecule has 0 aromatic rings. The van der Waals surface area contributed by atoms with Crippen LogP contribution in [-0.4, -0.2) is 37.2 Å². The molecule has 0 aliphatic rings. The van der Waals surface area contributed by atoms with Crippen LogP contribution in [-0.2, 0) is 28.6 Å². The van der Waals surface area contributed by atoms with E-state index in [4.69, 9.17) is 14.2 Å². The molecular weight excluding hydrogens is 997 g/mol. The summed E-state index contributed by atoms with van der Waals surface area (Å²) in [6, 6.07) is 0. The number of carbonyl (C=O) groups is 3. The van der Waals surface area contributed by atoms with E-state index in [1.807, 2.05) is 0 Å². The second-order valence-corrected chi connectivity index (χ2v) is 24.1. The summed E-state index contributed by atoms with van der Waals surface area (Å²) in [5.41, 5.74) is 0. The Balaban J connectivity index is 4.04. The molecule has 0 aliphatic carbocycles. The van der Waals surface area contributed by atoms with Gasteiger partial charge in [0.25, 0.3) is 0 Å². The summed E-state index contributed by atoms with van der Waals surface area (Å²) in [7, 11) is 0. The number of esters is 3. The molecule has 472 valence electrons. The maximum Gasteiger partial charge on any atom is 0.306 e.